The van der Waals surface area contributed by atoms with Crippen LogP contribution in [0.1, 0.15) is 23.6 Å². The Labute approximate surface area is 109 Å². The number of rotatable bonds is 2. The Bertz CT molecular complexity index is 458. The molecule has 1 aromatic carbocycles. The van der Waals surface area contributed by atoms with Gasteiger partial charge >= 0.3 is 6.18 Å². The lowest BCUT2D eigenvalue weighted by Crippen LogP contribution is -2.23. The number of benzene rings is 1. The molecule has 2 atom stereocenters. The molecule has 0 spiro atoms. The van der Waals surface area contributed by atoms with Crippen LogP contribution in [0.5, 0.6) is 0 Å². The number of nitrogens with zero attached hydrogens (tertiary/aromatic N) is 1. The van der Waals surface area contributed by atoms with Crippen molar-refractivity contribution >= 4 is 0 Å². The predicted molar refractivity (Wildman–Crippen MR) is 63.9 cm³/mol. The monoisotopic (exact) mass is 276 g/mol. The summed E-state index contributed by atoms with van der Waals surface area (Å²) in [6.45, 7) is 0.990. The van der Waals surface area contributed by atoms with E-state index in [1.54, 1.807) is 11.9 Å². The highest BCUT2D eigenvalue weighted by Gasteiger charge is 2.40. The first-order valence-electron chi connectivity index (χ1n) is 6.10. The van der Waals surface area contributed by atoms with Crippen molar-refractivity contribution in [3.05, 3.63) is 35.1 Å². The van der Waals surface area contributed by atoms with E-state index in [0.717, 1.165) is 18.2 Å². The smallest absolute Gasteiger partial charge is 0.330 e. The zero-order valence-corrected chi connectivity index (χ0v) is 10.5. The summed E-state index contributed by atoms with van der Waals surface area (Å²) in [5.74, 6) is -0.694. The van der Waals surface area contributed by atoms with Gasteiger partial charge in [-0.3, -0.25) is 4.90 Å². The van der Waals surface area contributed by atoms with E-state index < -0.39 is 23.6 Å². The van der Waals surface area contributed by atoms with E-state index in [0.29, 0.717) is 19.5 Å². The minimum Gasteiger partial charge on any atom is -0.330 e. The van der Waals surface area contributed by atoms with Gasteiger partial charge in [0.2, 0.25) is 0 Å². The molecule has 0 aliphatic carbocycles. The number of alkyl halides is 3. The van der Waals surface area contributed by atoms with Gasteiger partial charge in [0.1, 0.15) is 5.82 Å². The number of hydrogen-bond donors (Lipinski definition) is 1. The van der Waals surface area contributed by atoms with Gasteiger partial charge in [0.15, 0.2) is 0 Å². The lowest BCUT2D eigenvalue weighted by Gasteiger charge is -2.24. The van der Waals surface area contributed by atoms with Crippen LogP contribution in [0.15, 0.2) is 18.2 Å². The molecule has 1 fully saturated rings. The molecular formula is C13H16F4N2. The maximum Gasteiger partial charge on any atom is 0.416 e. The highest BCUT2D eigenvalue weighted by atomic mass is 19.4. The first-order chi connectivity index (χ1) is 8.84. The van der Waals surface area contributed by atoms with E-state index in [4.69, 9.17) is 5.73 Å². The molecule has 19 heavy (non-hydrogen) atoms. The molecule has 1 aromatic rings. The Morgan fingerprint density at radius 1 is 1.37 bits per heavy atom. The largest absolute Gasteiger partial charge is 0.416 e. The molecule has 2 unspecified atom stereocenters. The van der Waals surface area contributed by atoms with Gasteiger partial charge in [-0.15, -0.1) is 0 Å². The van der Waals surface area contributed by atoms with Gasteiger partial charge in [-0.25, -0.2) is 4.39 Å². The zero-order chi connectivity index (χ0) is 14.2. The van der Waals surface area contributed by atoms with E-state index in [1.165, 1.54) is 0 Å². The molecule has 2 nitrogen and oxygen atoms in total. The third-order valence-electron chi connectivity index (χ3n) is 3.66. The molecule has 1 saturated heterocycles. The summed E-state index contributed by atoms with van der Waals surface area (Å²) in [7, 11) is 1.70. The molecular weight excluding hydrogens is 260 g/mol. The van der Waals surface area contributed by atoms with Crippen LogP contribution in [0.2, 0.25) is 0 Å². The molecule has 1 aliphatic heterocycles. The van der Waals surface area contributed by atoms with Gasteiger partial charge in [0.25, 0.3) is 0 Å². The Kier molecular flexibility index (Phi) is 3.82. The number of halogens is 4. The summed E-state index contributed by atoms with van der Waals surface area (Å²) in [4.78, 5) is 1.74. The molecule has 1 heterocycles. The minimum atomic E-state index is -4.54. The van der Waals surface area contributed by atoms with Crippen molar-refractivity contribution in [1.29, 1.82) is 0 Å². The van der Waals surface area contributed by atoms with Crippen molar-refractivity contribution in [1.82, 2.24) is 4.90 Å². The van der Waals surface area contributed by atoms with Gasteiger partial charge in [0.05, 0.1) is 5.56 Å². The molecule has 0 radical (unpaired) electrons. The quantitative estimate of drug-likeness (QED) is 0.842. The summed E-state index contributed by atoms with van der Waals surface area (Å²) in [6.07, 6.45) is -4.09. The van der Waals surface area contributed by atoms with Gasteiger partial charge < -0.3 is 5.73 Å². The maximum atomic E-state index is 13.9. The first-order valence-corrected chi connectivity index (χ1v) is 6.10. The van der Waals surface area contributed by atoms with Crippen molar-refractivity contribution in [2.75, 3.05) is 20.1 Å². The Morgan fingerprint density at radius 3 is 2.58 bits per heavy atom. The average molecular weight is 276 g/mol. The van der Waals surface area contributed by atoms with Gasteiger partial charge in [-0.2, -0.15) is 13.2 Å². The second kappa shape index (κ2) is 5.09. The zero-order valence-electron chi connectivity index (χ0n) is 10.5. The topological polar surface area (TPSA) is 29.3 Å². The van der Waals surface area contributed by atoms with Crippen molar-refractivity contribution in [2.45, 2.75) is 18.6 Å². The Balaban J connectivity index is 2.45. The van der Waals surface area contributed by atoms with Crippen molar-refractivity contribution in [3.8, 4) is 0 Å². The van der Waals surface area contributed by atoms with Gasteiger partial charge in [0, 0.05) is 18.2 Å². The van der Waals surface area contributed by atoms with E-state index in [-0.39, 0.29) is 11.5 Å². The van der Waals surface area contributed by atoms with Gasteiger partial charge in [-0.1, -0.05) is 6.07 Å². The van der Waals surface area contributed by atoms with E-state index in [2.05, 4.69) is 0 Å². The van der Waals surface area contributed by atoms with Crippen LogP contribution < -0.4 is 5.73 Å². The lowest BCUT2D eigenvalue weighted by molar-refractivity contribution is -0.138. The summed E-state index contributed by atoms with van der Waals surface area (Å²) in [6, 6.07) is 2.54. The minimum absolute atomic E-state index is 0.107. The third kappa shape index (κ3) is 2.74. The molecule has 106 valence electrons. The third-order valence-corrected chi connectivity index (χ3v) is 3.66. The summed E-state index contributed by atoms with van der Waals surface area (Å²) < 4.78 is 52.8. The van der Waals surface area contributed by atoms with Crippen molar-refractivity contribution in [2.24, 2.45) is 11.7 Å². The molecule has 2 rings (SSSR count). The normalized spacial score (nSPS) is 24.9. The highest BCUT2D eigenvalue weighted by Crippen LogP contribution is 2.42. The standard InChI is InChI=1S/C13H16F4N2/c1-19-7-8(6-18)5-11(19)12-9(13(15,16)17)3-2-4-10(12)14/h2-4,8,11H,5-7,18H2,1H3. The number of likely N-dealkylation sites (tertiary alicyclic amines) is 1. The van der Waals surface area contributed by atoms with Crippen molar-refractivity contribution < 1.29 is 17.6 Å². The summed E-state index contributed by atoms with van der Waals surface area (Å²) in [5.41, 5.74) is 4.41. The van der Waals surface area contributed by atoms with Crippen LogP contribution in [0, 0.1) is 11.7 Å². The Hall–Kier alpha value is -1.14. The number of nitrogens with two attached hydrogens (primary N) is 1. The van der Waals surface area contributed by atoms with Crippen LogP contribution in [-0.2, 0) is 6.18 Å². The van der Waals surface area contributed by atoms with E-state index in [9.17, 15) is 17.6 Å². The SMILES string of the molecule is CN1CC(CN)CC1c1c(F)cccc1C(F)(F)F. The predicted octanol–water partition coefficient (Wildman–Crippen LogP) is 2.80. The van der Waals surface area contributed by atoms with Crippen molar-refractivity contribution in [3.63, 3.8) is 0 Å². The van der Waals surface area contributed by atoms with Gasteiger partial charge in [-0.05, 0) is 38.1 Å². The van der Waals surface area contributed by atoms with Crippen LogP contribution >= 0.6 is 0 Å². The maximum absolute atomic E-state index is 13.9. The fraction of sp³-hybridized carbons (Fsp3) is 0.538. The number of hydrogen-bond acceptors (Lipinski definition) is 2. The molecule has 0 bridgehead atoms. The van der Waals surface area contributed by atoms with Crippen LogP contribution in [0.3, 0.4) is 0 Å². The first kappa shape index (κ1) is 14.3. The average Bonchev–Trinajstić information content (AvgIpc) is 2.69. The van der Waals surface area contributed by atoms with E-state index in [1.807, 2.05) is 0 Å². The molecule has 6 heteroatoms. The second-order valence-electron chi connectivity index (χ2n) is 4.99. The van der Waals surface area contributed by atoms with Crippen LogP contribution in [0.4, 0.5) is 17.6 Å². The highest BCUT2D eigenvalue weighted by molar-refractivity contribution is 5.34. The lowest BCUT2D eigenvalue weighted by atomic mass is 9.95. The Morgan fingerprint density at radius 2 is 2.05 bits per heavy atom. The van der Waals surface area contributed by atoms with E-state index >= 15 is 0 Å². The second-order valence-corrected chi connectivity index (χ2v) is 4.99. The summed E-state index contributed by atoms with van der Waals surface area (Å²) in [5, 5.41) is 0. The fourth-order valence-electron chi connectivity index (χ4n) is 2.74. The molecule has 2 N–H and O–H groups in total. The van der Waals surface area contributed by atoms with Crippen LogP contribution in [-0.4, -0.2) is 25.0 Å². The molecule has 0 saturated carbocycles. The fourth-order valence-corrected chi connectivity index (χ4v) is 2.74. The summed E-state index contributed by atoms with van der Waals surface area (Å²) >= 11 is 0. The molecule has 1 aliphatic rings. The van der Waals surface area contributed by atoms with Crippen LogP contribution in [0.25, 0.3) is 0 Å². The molecule has 0 amide bonds. The molecule has 0 aromatic heterocycles.